The fraction of sp³-hybridized carbons (Fsp3) is 1.00. The fourth-order valence-corrected chi connectivity index (χ4v) is 2.26. The predicted molar refractivity (Wildman–Crippen MR) is 49.3 cm³/mol. The number of halogens is 16. The standard InChI is InChI=1S/C10H2F16O2/c11-3(12,1-5(15,16)7(19,20)9(23,24)27-1)4(13,14)2-6(17,18)8(21,22)10(25,26)28-2/h1-2H. The van der Waals surface area contributed by atoms with Crippen LogP contribution in [0.15, 0.2) is 0 Å². The molecule has 0 aromatic carbocycles. The zero-order valence-corrected chi connectivity index (χ0v) is 12.0. The molecule has 0 radical (unpaired) electrons. The zero-order valence-electron chi connectivity index (χ0n) is 12.0. The molecule has 2 unspecified atom stereocenters. The lowest BCUT2D eigenvalue weighted by Crippen LogP contribution is -2.65. The lowest BCUT2D eigenvalue weighted by molar-refractivity contribution is -0.365. The zero-order chi connectivity index (χ0) is 22.6. The van der Waals surface area contributed by atoms with Crippen molar-refractivity contribution in [2.24, 2.45) is 0 Å². The first-order valence-corrected chi connectivity index (χ1v) is 6.31. The van der Waals surface area contributed by atoms with Crippen molar-refractivity contribution in [1.29, 1.82) is 0 Å². The molecule has 2 saturated heterocycles. The number of ether oxygens (including phenoxy) is 2. The molecule has 18 heteroatoms. The molecule has 0 spiro atoms. The Morgan fingerprint density at radius 2 is 0.679 bits per heavy atom. The third-order valence-corrected chi connectivity index (χ3v) is 3.86. The summed E-state index contributed by atoms with van der Waals surface area (Å²) in [6.45, 7) is 0. The summed E-state index contributed by atoms with van der Waals surface area (Å²) in [5.74, 6) is -42.1. The highest BCUT2D eigenvalue weighted by Crippen LogP contribution is 2.64. The maximum absolute atomic E-state index is 13.7. The fourth-order valence-electron chi connectivity index (χ4n) is 2.26. The van der Waals surface area contributed by atoms with Crippen LogP contribution in [0.2, 0.25) is 0 Å². The van der Waals surface area contributed by atoms with Gasteiger partial charge in [0.2, 0.25) is 12.2 Å². The van der Waals surface area contributed by atoms with Crippen molar-refractivity contribution in [2.75, 3.05) is 0 Å². The Bertz CT molecular complexity index is 598. The Morgan fingerprint density at radius 3 is 0.821 bits per heavy atom. The number of alkyl halides is 16. The lowest BCUT2D eigenvalue weighted by atomic mass is 9.91. The summed E-state index contributed by atoms with van der Waals surface area (Å²) in [6, 6.07) is 0. The second-order valence-corrected chi connectivity index (χ2v) is 5.67. The molecule has 0 bridgehead atoms. The molecule has 2 atom stereocenters. The maximum Gasteiger partial charge on any atom is 0.426 e. The van der Waals surface area contributed by atoms with Crippen LogP contribution in [-0.4, -0.2) is 60.0 Å². The Kier molecular flexibility index (Phi) is 4.36. The highest BCUT2D eigenvalue weighted by Gasteiger charge is 2.94. The van der Waals surface area contributed by atoms with Crippen LogP contribution >= 0.6 is 0 Å². The molecular formula is C10H2F16O2. The molecule has 0 amide bonds. The number of hydrogen-bond acceptors (Lipinski definition) is 2. The Morgan fingerprint density at radius 1 is 0.464 bits per heavy atom. The van der Waals surface area contributed by atoms with Crippen molar-refractivity contribution in [2.45, 2.75) is 60.0 Å². The molecule has 2 nitrogen and oxygen atoms in total. The van der Waals surface area contributed by atoms with Crippen LogP contribution < -0.4 is 0 Å². The third-order valence-electron chi connectivity index (χ3n) is 3.86. The molecule has 0 saturated carbocycles. The van der Waals surface area contributed by atoms with Crippen molar-refractivity contribution in [3.05, 3.63) is 0 Å². The van der Waals surface area contributed by atoms with Gasteiger partial charge in [-0.3, -0.25) is 9.47 Å². The van der Waals surface area contributed by atoms with Gasteiger partial charge in [-0.25, -0.2) is 0 Å². The van der Waals surface area contributed by atoms with E-state index in [1.165, 1.54) is 0 Å². The molecule has 0 N–H and O–H groups in total. The smallest absolute Gasteiger partial charge is 0.299 e. The minimum Gasteiger partial charge on any atom is -0.299 e. The van der Waals surface area contributed by atoms with Crippen molar-refractivity contribution >= 4 is 0 Å². The summed E-state index contributed by atoms with van der Waals surface area (Å²) in [4.78, 5) is 0. The first-order chi connectivity index (χ1) is 11.9. The van der Waals surface area contributed by atoms with Gasteiger partial charge >= 0.3 is 47.8 Å². The van der Waals surface area contributed by atoms with Crippen LogP contribution in [0.25, 0.3) is 0 Å². The molecular weight excluding hydrogens is 456 g/mol. The van der Waals surface area contributed by atoms with E-state index in [0.29, 0.717) is 0 Å². The van der Waals surface area contributed by atoms with Crippen molar-refractivity contribution < 1.29 is 79.7 Å². The average Bonchev–Trinajstić information content (AvgIpc) is 2.69. The summed E-state index contributed by atoms with van der Waals surface area (Å²) < 4.78 is 214. The lowest BCUT2D eigenvalue weighted by Gasteiger charge is -2.36. The van der Waals surface area contributed by atoms with E-state index in [4.69, 9.17) is 0 Å². The van der Waals surface area contributed by atoms with Gasteiger partial charge in [0.15, 0.2) is 0 Å². The Labute approximate surface area is 141 Å². The molecule has 2 heterocycles. The molecule has 2 aliphatic rings. The normalized spacial score (nSPS) is 35.1. The first-order valence-electron chi connectivity index (χ1n) is 6.31. The molecule has 2 rings (SSSR count). The molecule has 0 aromatic rings. The molecule has 166 valence electrons. The van der Waals surface area contributed by atoms with Gasteiger partial charge in [-0.1, -0.05) is 0 Å². The SMILES string of the molecule is FC1(F)OC(C(F)(F)C(F)(F)C2OC(F)(F)C(F)(F)C2(F)F)C(F)(F)C1(F)F. The van der Waals surface area contributed by atoms with E-state index >= 15 is 0 Å². The van der Waals surface area contributed by atoms with Gasteiger partial charge < -0.3 is 0 Å². The monoisotopic (exact) mass is 458 g/mol. The quantitative estimate of drug-likeness (QED) is 0.568. The van der Waals surface area contributed by atoms with Gasteiger partial charge in [-0.15, -0.1) is 0 Å². The Hall–Kier alpha value is -1.20. The predicted octanol–water partition coefficient (Wildman–Crippen LogP) is 4.78. The van der Waals surface area contributed by atoms with E-state index in [0.717, 1.165) is 0 Å². The van der Waals surface area contributed by atoms with Gasteiger partial charge in [0.05, 0.1) is 0 Å². The highest BCUT2D eigenvalue weighted by molar-refractivity contribution is 5.17. The highest BCUT2D eigenvalue weighted by atomic mass is 19.4. The summed E-state index contributed by atoms with van der Waals surface area (Å²) in [6.07, 6.45) is -24.3. The molecule has 2 fully saturated rings. The van der Waals surface area contributed by atoms with Crippen LogP contribution in [0.5, 0.6) is 0 Å². The third kappa shape index (κ3) is 2.32. The van der Waals surface area contributed by atoms with E-state index in [1.807, 2.05) is 0 Å². The van der Waals surface area contributed by atoms with E-state index in [1.54, 1.807) is 0 Å². The van der Waals surface area contributed by atoms with Crippen LogP contribution in [-0.2, 0) is 9.47 Å². The average molecular weight is 458 g/mol. The van der Waals surface area contributed by atoms with Crippen LogP contribution in [0.3, 0.4) is 0 Å². The van der Waals surface area contributed by atoms with Crippen LogP contribution in [0.1, 0.15) is 0 Å². The number of hydrogen-bond donors (Lipinski definition) is 0. The van der Waals surface area contributed by atoms with Crippen molar-refractivity contribution in [3.63, 3.8) is 0 Å². The maximum atomic E-state index is 13.7. The Balaban J connectivity index is 2.57. The topological polar surface area (TPSA) is 18.5 Å². The van der Waals surface area contributed by atoms with Gasteiger partial charge in [-0.2, -0.15) is 70.2 Å². The second-order valence-electron chi connectivity index (χ2n) is 5.67. The van der Waals surface area contributed by atoms with Crippen LogP contribution in [0.4, 0.5) is 70.2 Å². The first kappa shape index (κ1) is 23.1. The molecule has 0 aromatic heterocycles. The van der Waals surface area contributed by atoms with Crippen molar-refractivity contribution in [1.82, 2.24) is 0 Å². The van der Waals surface area contributed by atoms with Crippen molar-refractivity contribution in [3.8, 4) is 0 Å². The summed E-state index contributed by atoms with van der Waals surface area (Å²) in [5.41, 5.74) is 0. The second kappa shape index (κ2) is 5.28. The van der Waals surface area contributed by atoms with E-state index < -0.39 is 60.0 Å². The van der Waals surface area contributed by atoms with E-state index in [-0.39, 0.29) is 0 Å². The number of rotatable bonds is 3. The van der Waals surface area contributed by atoms with Gasteiger partial charge in [-0.05, 0) is 0 Å². The molecule has 2 aliphatic heterocycles. The minimum absolute atomic E-state index is 2.22. The summed E-state index contributed by atoms with van der Waals surface area (Å²) in [7, 11) is 0. The van der Waals surface area contributed by atoms with E-state index in [9.17, 15) is 70.2 Å². The summed E-state index contributed by atoms with van der Waals surface area (Å²) in [5, 5.41) is 0. The van der Waals surface area contributed by atoms with E-state index in [2.05, 4.69) is 9.47 Å². The van der Waals surface area contributed by atoms with Gasteiger partial charge in [0, 0.05) is 0 Å². The molecule has 0 aliphatic carbocycles. The summed E-state index contributed by atoms with van der Waals surface area (Å²) >= 11 is 0. The minimum atomic E-state index is -7.26. The van der Waals surface area contributed by atoms with Gasteiger partial charge in [0.25, 0.3) is 0 Å². The molecule has 28 heavy (non-hydrogen) atoms. The largest absolute Gasteiger partial charge is 0.426 e. The van der Waals surface area contributed by atoms with Crippen LogP contribution in [0, 0.1) is 0 Å². The van der Waals surface area contributed by atoms with Gasteiger partial charge in [0.1, 0.15) is 0 Å².